The molecule has 0 amide bonds. The van der Waals surface area contributed by atoms with Crippen molar-refractivity contribution >= 4 is 0 Å². The van der Waals surface area contributed by atoms with E-state index in [4.69, 9.17) is 4.74 Å². The van der Waals surface area contributed by atoms with E-state index in [9.17, 15) is 4.39 Å². The highest BCUT2D eigenvalue weighted by atomic mass is 19.1. The zero-order chi connectivity index (χ0) is 16.2. The van der Waals surface area contributed by atoms with Crippen molar-refractivity contribution in [2.24, 2.45) is 0 Å². The Bertz CT molecular complexity index is 799. The summed E-state index contributed by atoms with van der Waals surface area (Å²) in [4.78, 5) is 8.80. The molecule has 1 aromatic heterocycles. The van der Waals surface area contributed by atoms with Gasteiger partial charge in [0.2, 0.25) is 5.88 Å². The van der Waals surface area contributed by atoms with Gasteiger partial charge in [0.15, 0.2) is 5.82 Å². The molecule has 0 radical (unpaired) electrons. The van der Waals surface area contributed by atoms with Crippen molar-refractivity contribution in [1.29, 1.82) is 0 Å². The molecule has 0 bridgehead atoms. The van der Waals surface area contributed by atoms with Gasteiger partial charge in [-0.05, 0) is 43.7 Å². The molecule has 2 aromatic carbocycles. The second-order valence-corrected chi connectivity index (χ2v) is 5.45. The monoisotopic (exact) mass is 308 g/mol. The average molecular weight is 308 g/mol. The van der Waals surface area contributed by atoms with Crippen LogP contribution in [0.4, 0.5) is 4.39 Å². The Morgan fingerprint density at radius 3 is 2.30 bits per heavy atom. The van der Waals surface area contributed by atoms with Gasteiger partial charge in [0.05, 0.1) is 0 Å². The fourth-order valence-electron chi connectivity index (χ4n) is 2.18. The van der Waals surface area contributed by atoms with Gasteiger partial charge < -0.3 is 4.74 Å². The lowest BCUT2D eigenvalue weighted by atomic mass is 10.2. The summed E-state index contributed by atoms with van der Waals surface area (Å²) in [5, 5.41) is 0. The molecule has 0 spiro atoms. The SMILES string of the molecule is Cc1ccc(COc2cc(C)nc(-c3ccc(F)cc3)n2)cc1. The minimum absolute atomic E-state index is 0.280. The predicted octanol–water partition coefficient (Wildman–Crippen LogP) is 4.48. The number of aromatic nitrogens is 2. The number of aryl methyl sites for hydroxylation is 2. The smallest absolute Gasteiger partial charge is 0.217 e. The summed E-state index contributed by atoms with van der Waals surface area (Å²) < 4.78 is 18.8. The molecule has 0 saturated carbocycles. The third kappa shape index (κ3) is 3.92. The third-order valence-corrected chi connectivity index (χ3v) is 3.44. The molecule has 116 valence electrons. The standard InChI is InChI=1S/C19H17FN2O/c1-13-3-5-15(6-4-13)12-23-18-11-14(2)21-19(22-18)16-7-9-17(20)10-8-16/h3-11H,12H2,1-2H3. The van der Waals surface area contributed by atoms with Crippen molar-refractivity contribution in [3.63, 3.8) is 0 Å². The van der Waals surface area contributed by atoms with E-state index in [0.29, 0.717) is 18.3 Å². The van der Waals surface area contributed by atoms with Crippen LogP contribution in [0.25, 0.3) is 11.4 Å². The number of hydrogen-bond acceptors (Lipinski definition) is 3. The molecular weight excluding hydrogens is 291 g/mol. The van der Waals surface area contributed by atoms with Gasteiger partial charge in [-0.15, -0.1) is 0 Å². The van der Waals surface area contributed by atoms with Crippen molar-refractivity contribution in [2.45, 2.75) is 20.5 Å². The van der Waals surface area contributed by atoms with Gasteiger partial charge >= 0.3 is 0 Å². The first-order valence-electron chi connectivity index (χ1n) is 7.40. The first-order chi connectivity index (χ1) is 11.1. The van der Waals surface area contributed by atoms with Gasteiger partial charge in [0, 0.05) is 17.3 Å². The van der Waals surface area contributed by atoms with Crippen molar-refractivity contribution in [3.8, 4) is 17.3 Å². The summed E-state index contributed by atoms with van der Waals surface area (Å²) in [7, 11) is 0. The molecule has 0 atom stereocenters. The van der Waals surface area contributed by atoms with Crippen LogP contribution in [0.2, 0.25) is 0 Å². The lowest BCUT2D eigenvalue weighted by Gasteiger charge is -2.08. The van der Waals surface area contributed by atoms with Crippen LogP contribution in [0.1, 0.15) is 16.8 Å². The van der Waals surface area contributed by atoms with Crippen LogP contribution in [0.5, 0.6) is 5.88 Å². The highest BCUT2D eigenvalue weighted by molar-refractivity contribution is 5.55. The second-order valence-electron chi connectivity index (χ2n) is 5.45. The molecule has 4 heteroatoms. The summed E-state index contributed by atoms with van der Waals surface area (Å²) in [5.74, 6) is 0.763. The first-order valence-corrected chi connectivity index (χ1v) is 7.40. The van der Waals surface area contributed by atoms with Crippen molar-refractivity contribution < 1.29 is 9.13 Å². The Hall–Kier alpha value is -2.75. The summed E-state index contributed by atoms with van der Waals surface area (Å²) in [6.45, 7) is 4.38. The van der Waals surface area contributed by atoms with E-state index in [1.165, 1.54) is 17.7 Å². The Labute approximate surface area is 134 Å². The molecule has 3 aromatic rings. The van der Waals surface area contributed by atoms with E-state index in [1.807, 2.05) is 38.1 Å². The van der Waals surface area contributed by atoms with Crippen molar-refractivity contribution in [1.82, 2.24) is 9.97 Å². The molecule has 0 aliphatic rings. The van der Waals surface area contributed by atoms with Crippen LogP contribution in [-0.4, -0.2) is 9.97 Å². The van der Waals surface area contributed by atoms with E-state index in [-0.39, 0.29) is 5.82 Å². The summed E-state index contributed by atoms with van der Waals surface area (Å²) in [6.07, 6.45) is 0. The van der Waals surface area contributed by atoms with E-state index in [2.05, 4.69) is 9.97 Å². The zero-order valence-electron chi connectivity index (χ0n) is 13.1. The zero-order valence-corrected chi connectivity index (χ0v) is 13.1. The fourth-order valence-corrected chi connectivity index (χ4v) is 2.18. The van der Waals surface area contributed by atoms with Gasteiger partial charge in [-0.2, -0.15) is 4.98 Å². The minimum Gasteiger partial charge on any atom is -0.473 e. The predicted molar refractivity (Wildman–Crippen MR) is 87.7 cm³/mol. The van der Waals surface area contributed by atoms with Crippen LogP contribution in [-0.2, 0) is 6.61 Å². The molecule has 3 nitrogen and oxygen atoms in total. The molecule has 0 aliphatic heterocycles. The number of halogens is 1. The van der Waals surface area contributed by atoms with Gasteiger partial charge in [-0.25, -0.2) is 9.37 Å². The lowest BCUT2D eigenvalue weighted by molar-refractivity contribution is 0.293. The molecule has 0 saturated heterocycles. The molecule has 0 N–H and O–H groups in total. The number of ether oxygens (including phenoxy) is 1. The van der Waals surface area contributed by atoms with Gasteiger partial charge in [0.25, 0.3) is 0 Å². The topological polar surface area (TPSA) is 35.0 Å². The lowest BCUT2D eigenvalue weighted by Crippen LogP contribution is -2.00. The maximum Gasteiger partial charge on any atom is 0.217 e. The van der Waals surface area contributed by atoms with Gasteiger partial charge in [-0.1, -0.05) is 29.8 Å². The number of nitrogens with zero attached hydrogens (tertiary/aromatic N) is 2. The Balaban J connectivity index is 1.80. The van der Waals surface area contributed by atoms with Gasteiger partial charge in [-0.3, -0.25) is 0 Å². The highest BCUT2D eigenvalue weighted by Gasteiger charge is 2.06. The van der Waals surface area contributed by atoms with Crippen molar-refractivity contribution in [3.05, 3.63) is 77.2 Å². The van der Waals surface area contributed by atoms with Crippen LogP contribution in [0.3, 0.4) is 0 Å². The van der Waals surface area contributed by atoms with E-state index >= 15 is 0 Å². The first kappa shape index (κ1) is 15.2. The molecule has 0 aliphatic carbocycles. The van der Waals surface area contributed by atoms with E-state index < -0.39 is 0 Å². The number of benzene rings is 2. The molecule has 3 rings (SSSR count). The van der Waals surface area contributed by atoms with E-state index in [0.717, 1.165) is 16.8 Å². The number of hydrogen-bond donors (Lipinski definition) is 0. The normalized spacial score (nSPS) is 10.6. The van der Waals surface area contributed by atoms with Gasteiger partial charge in [0.1, 0.15) is 12.4 Å². The molecule has 0 fully saturated rings. The summed E-state index contributed by atoms with van der Waals surface area (Å²) in [6, 6.07) is 16.1. The third-order valence-electron chi connectivity index (χ3n) is 3.44. The Morgan fingerprint density at radius 1 is 0.913 bits per heavy atom. The molecule has 23 heavy (non-hydrogen) atoms. The fraction of sp³-hybridized carbons (Fsp3) is 0.158. The quantitative estimate of drug-likeness (QED) is 0.713. The number of rotatable bonds is 4. The molecular formula is C19H17FN2O. The maximum absolute atomic E-state index is 13.0. The second kappa shape index (κ2) is 6.57. The largest absolute Gasteiger partial charge is 0.473 e. The van der Waals surface area contributed by atoms with Crippen LogP contribution in [0.15, 0.2) is 54.6 Å². The summed E-state index contributed by atoms with van der Waals surface area (Å²) >= 11 is 0. The minimum atomic E-state index is -0.280. The van der Waals surface area contributed by atoms with Crippen molar-refractivity contribution in [2.75, 3.05) is 0 Å². The molecule has 1 heterocycles. The average Bonchev–Trinajstić information content (AvgIpc) is 2.54. The highest BCUT2D eigenvalue weighted by Crippen LogP contribution is 2.20. The summed E-state index contributed by atoms with van der Waals surface area (Å²) in [5.41, 5.74) is 3.86. The Morgan fingerprint density at radius 2 is 1.61 bits per heavy atom. The maximum atomic E-state index is 13.0. The van der Waals surface area contributed by atoms with Crippen LogP contribution < -0.4 is 4.74 Å². The van der Waals surface area contributed by atoms with E-state index in [1.54, 1.807) is 18.2 Å². The van der Waals surface area contributed by atoms with Crippen LogP contribution >= 0.6 is 0 Å². The molecule has 0 unspecified atom stereocenters. The Kier molecular flexibility index (Phi) is 4.33. The van der Waals surface area contributed by atoms with Crippen LogP contribution in [0, 0.1) is 19.7 Å².